The van der Waals surface area contributed by atoms with Gasteiger partial charge in [0.25, 0.3) is 0 Å². The van der Waals surface area contributed by atoms with E-state index in [0.717, 1.165) is 19.5 Å². The zero-order valence-corrected chi connectivity index (χ0v) is 4.46. The Bertz CT molecular complexity index is 100. The summed E-state index contributed by atoms with van der Waals surface area (Å²) in [6.07, 6.45) is 0.373. The van der Waals surface area contributed by atoms with Gasteiger partial charge in [-0.3, -0.25) is 0 Å². The van der Waals surface area contributed by atoms with E-state index in [1.807, 2.05) is 0 Å². The number of nitrogens with two attached hydrogens (primary N) is 1. The highest BCUT2D eigenvalue weighted by Crippen LogP contribution is 2.04. The van der Waals surface area contributed by atoms with Gasteiger partial charge in [-0.2, -0.15) is 0 Å². The molecule has 0 aliphatic carbocycles. The predicted octanol–water partition coefficient (Wildman–Crippen LogP) is -0.298. The molecule has 1 saturated heterocycles. The number of hydrogen-bond acceptors (Lipinski definition) is 3. The van der Waals surface area contributed by atoms with Crippen molar-refractivity contribution >= 4 is 6.09 Å². The van der Waals surface area contributed by atoms with Crippen molar-refractivity contribution in [1.82, 2.24) is 5.06 Å². The first-order valence-corrected chi connectivity index (χ1v) is 2.51. The van der Waals surface area contributed by atoms with Crippen LogP contribution in [0.1, 0.15) is 6.42 Å². The summed E-state index contributed by atoms with van der Waals surface area (Å²) < 4.78 is 0. The fourth-order valence-electron chi connectivity index (χ4n) is 0.506. The molecule has 0 aromatic rings. The molecule has 8 heavy (non-hydrogen) atoms. The third-order valence-corrected chi connectivity index (χ3v) is 1.03. The fourth-order valence-corrected chi connectivity index (χ4v) is 0.506. The second-order valence-electron chi connectivity index (χ2n) is 1.69. The summed E-state index contributed by atoms with van der Waals surface area (Å²) >= 11 is 0. The van der Waals surface area contributed by atoms with Crippen LogP contribution in [0.4, 0.5) is 4.79 Å². The first kappa shape index (κ1) is 5.37. The molecule has 4 nitrogen and oxygen atoms in total. The average molecular weight is 116 g/mol. The number of rotatable bonds is 1. The SMILES string of the molecule is NC(=O)ON1CCC1. The number of carbonyl (C=O) groups is 1. The van der Waals surface area contributed by atoms with E-state index in [-0.39, 0.29) is 0 Å². The standard InChI is InChI=1S/C4H8N2O2/c5-4(7)8-6-2-1-3-6/h1-3H2,(H2,5,7). The third-order valence-electron chi connectivity index (χ3n) is 1.03. The Morgan fingerprint density at radius 2 is 2.25 bits per heavy atom. The fraction of sp³-hybridized carbons (Fsp3) is 0.750. The molecule has 0 unspecified atom stereocenters. The van der Waals surface area contributed by atoms with Gasteiger partial charge in [0.1, 0.15) is 0 Å². The number of nitrogens with zero attached hydrogens (tertiary/aromatic N) is 1. The first-order valence-electron chi connectivity index (χ1n) is 2.51. The van der Waals surface area contributed by atoms with E-state index in [1.54, 1.807) is 0 Å². The Labute approximate surface area is 47.2 Å². The minimum atomic E-state index is -0.718. The van der Waals surface area contributed by atoms with E-state index in [0.29, 0.717) is 0 Å². The quantitative estimate of drug-likeness (QED) is 0.511. The van der Waals surface area contributed by atoms with Gasteiger partial charge in [0.15, 0.2) is 0 Å². The Morgan fingerprint density at radius 1 is 1.62 bits per heavy atom. The molecule has 1 amide bonds. The normalized spacial score (nSPS) is 19.5. The summed E-state index contributed by atoms with van der Waals surface area (Å²) in [7, 11) is 0. The topological polar surface area (TPSA) is 55.6 Å². The Balaban J connectivity index is 2.09. The molecule has 0 saturated carbocycles. The molecule has 0 atom stereocenters. The minimum absolute atomic E-state index is 0.718. The summed E-state index contributed by atoms with van der Waals surface area (Å²) in [5.41, 5.74) is 4.70. The maximum Gasteiger partial charge on any atom is 0.423 e. The summed E-state index contributed by atoms with van der Waals surface area (Å²) in [5, 5.41) is 1.53. The van der Waals surface area contributed by atoms with Crippen LogP contribution in [-0.2, 0) is 4.84 Å². The van der Waals surface area contributed by atoms with E-state index in [1.165, 1.54) is 5.06 Å². The lowest BCUT2D eigenvalue weighted by atomic mass is 10.3. The third kappa shape index (κ3) is 1.10. The van der Waals surface area contributed by atoms with Gasteiger partial charge in [0.2, 0.25) is 0 Å². The molecular formula is C4H8N2O2. The number of amides is 1. The van der Waals surface area contributed by atoms with Crippen LogP contribution in [-0.4, -0.2) is 24.2 Å². The van der Waals surface area contributed by atoms with E-state index < -0.39 is 6.09 Å². The van der Waals surface area contributed by atoms with Crippen molar-refractivity contribution in [3.8, 4) is 0 Å². The van der Waals surface area contributed by atoms with Crippen molar-refractivity contribution in [2.24, 2.45) is 5.73 Å². The molecule has 1 aliphatic rings. The van der Waals surface area contributed by atoms with Crippen molar-refractivity contribution in [2.45, 2.75) is 6.42 Å². The Hall–Kier alpha value is -0.770. The highest BCUT2D eigenvalue weighted by atomic mass is 16.7. The summed E-state index contributed by atoms with van der Waals surface area (Å²) in [6.45, 7) is 1.64. The van der Waals surface area contributed by atoms with E-state index in [4.69, 9.17) is 5.73 Å². The molecule has 1 rings (SSSR count). The monoisotopic (exact) mass is 116 g/mol. The molecule has 0 aromatic heterocycles. The Morgan fingerprint density at radius 3 is 2.38 bits per heavy atom. The van der Waals surface area contributed by atoms with Crippen molar-refractivity contribution < 1.29 is 9.63 Å². The predicted molar refractivity (Wildman–Crippen MR) is 26.9 cm³/mol. The van der Waals surface area contributed by atoms with Crippen LogP contribution < -0.4 is 5.73 Å². The molecule has 4 heteroatoms. The van der Waals surface area contributed by atoms with Gasteiger partial charge >= 0.3 is 6.09 Å². The van der Waals surface area contributed by atoms with Crippen molar-refractivity contribution in [3.63, 3.8) is 0 Å². The van der Waals surface area contributed by atoms with Crippen molar-refractivity contribution in [1.29, 1.82) is 0 Å². The van der Waals surface area contributed by atoms with Gasteiger partial charge in [-0.1, -0.05) is 0 Å². The van der Waals surface area contributed by atoms with Gasteiger partial charge in [-0.05, 0) is 6.42 Å². The maximum absolute atomic E-state index is 9.96. The molecule has 1 aliphatic heterocycles. The Kier molecular flexibility index (Phi) is 1.34. The molecule has 1 heterocycles. The van der Waals surface area contributed by atoms with Crippen LogP contribution >= 0.6 is 0 Å². The van der Waals surface area contributed by atoms with E-state index >= 15 is 0 Å². The second-order valence-corrected chi connectivity index (χ2v) is 1.69. The lowest BCUT2D eigenvalue weighted by Crippen LogP contribution is -2.40. The average Bonchev–Trinajstić information content (AvgIpc) is 1.55. The zero-order chi connectivity index (χ0) is 5.98. The summed E-state index contributed by atoms with van der Waals surface area (Å²) in [4.78, 5) is 14.4. The van der Waals surface area contributed by atoms with Crippen LogP contribution in [0.3, 0.4) is 0 Å². The lowest BCUT2D eigenvalue weighted by molar-refractivity contribution is -0.138. The zero-order valence-electron chi connectivity index (χ0n) is 4.46. The maximum atomic E-state index is 9.96. The molecule has 0 bridgehead atoms. The van der Waals surface area contributed by atoms with Gasteiger partial charge in [0, 0.05) is 13.1 Å². The van der Waals surface area contributed by atoms with Crippen LogP contribution in [0.2, 0.25) is 0 Å². The van der Waals surface area contributed by atoms with Crippen LogP contribution in [0.5, 0.6) is 0 Å². The van der Waals surface area contributed by atoms with Crippen molar-refractivity contribution in [3.05, 3.63) is 0 Å². The number of hydroxylamine groups is 2. The summed E-state index contributed by atoms with van der Waals surface area (Å²) in [6, 6.07) is 0. The molecule has 0 aromatic carbocycles. The highest BCUT2D eigenvalue weighted by molar-refractivity contribution is 5.64. The minimum Gasteiger partial charge on any atom is -0.351 e. The first-order chi connectivity index (χ1) is 3.79. The number of hydrogen-bond donors (Lipinski definition) is 1. The molecular weight excluding hydrogens is 108 g/mol. The van der Waals surface area contributed by atoms with Gasteiger partial charge in [-0.15, -0.1) is 5.06 Å². The van der Waals surface area contributed by atoms with E-state index in [2.05, 4.69) is 4.84 Å². The molecule has 2 N–H and O–H groups in total. The van der Waals surface area contributed by atoms with Gasteiger partial charge < -0.3 is 10.6 Å². The highest BCUT2D eigenvalue weighted by Gasteiger charge is 2.16. The van der Waals surface area contributed by atoms with Crippen molar-refractivity contribution in [2.75, 3.05) is 13.1 Å². The molecule has 0 spiro atoms. The second kappa shape index (κ2) is 2.00. The van der Waals surface area contributed by atoms with E-state index in [9.17, 15) is 4.79 Å². The molecule has 46 valence electrons. The van der Waals surface area contributed by atoms with Crippen LogP contribution in [0, 0.1) is 0 Å². The number of carbonyl (C=O) groups excluding carboxylic acids is 1. The number of primary amides is 1. The van der Waals surface area contributed by atoms with Crippen LogP contribution in [0.25, 0.3) is 0 Å². The molecule has 1 fully saturated rings. The summed E-state index contributed by atoms with van der Waals surface area (Å²) in [5.74, 6) is 0. The van der Waals surface area contributed by atoms with Gasteiger partial charge in [0.05, 0.1) is 0 Å². The smallest absolute Gasteiger partial charge is 0.351 e. The lowest BCUT2D eigenvalue weighted by Gasteiger charge is -2.27. The van der Waals surface area contributed by atoms with Crippen LogP contribution in [0.15, 0.2) is 0 Å². The largest absolute Gasteiger partial charge is 0.423 e. The van der Waals surface area contributed by atoms with Gasteiger partial charge in [-0.25, -0.2) is 4.79 Å². The molecule has 0 radical (unpaired) electrons.